The molecule has 122 valence electrons. The molecule has 0 aliphatic carbocycles. The minimum atomic E-state index is -0.533. The lowest BCUT2D eigenvalue weighted by Gasteiger charge is -2.41. The van der Waals surface area contributed by atoms with Crippen molar-refractivity contribution in [2.75, 3.05) is 33.4 Å². The Balaban J connectivity index is 2.25. The standard InChI is InChI=1S/C17H26N2O3/c1-5-21-14-8-7-13(11-15(14)22-6-2)12-17(3)16(20)18-9-10-19(17)4/h7-8,11H,5-6,9-10,12H2,1-4H3,(H,18,20). The number of nitrogens with zero attached hydrogens (tertiary/aromatic N) is 1. The Bertz CT molecular complexity index is 533. The number of amides is 1. The van der Waals surface area contributed by atoms with Gasteiger partial charge in [0.15, 0.2) is 11.5 Å². The molecule has 1 N–H and O–H groups in total. The van der Waals surface area contributed by atoms with E-state index in [2.05, 4.69) is 10.2 Å². The predicted molar refractivity (Wildman–Crippen MR) is 86.5 cm³/mol. The topological polar surface area (TPSA) is 50.8 Å². The fourth-order valence-electron chi connectivity index (χ4n) is 2.77. The number of likely N-dealkylation sites (N-methyl/N-ethyl adjacent to an activating group) is 1. The van der Waals surface area contributed by atoms with Crippen LogP contribution in [0.2, 0.25) is 0 Å². The van der Waals surface area contributed by atoms with Gasteiger partial charge in [-0.3, -0.25) is 9.69 Å². The van der Waals surface area contributed by atoms with E-state index in [4.69, 9.17) is 9.47 Å². The smallest absolute Gasteiger partial charge is 0.240 e. The van der Waals surface area contributed by atoms with Crippen LogP contribution >= 0.6 is 0 Å². The van der Waals surface area contributed by atoms with Gasteiger partial charge in [0.2, 0.25) is 5.91 Å². The largest absolute Gasteiger partial charge is 0.490 e. The van der Waals surface area contributed by atoms with Gasteiger partial charge in [0.1, 0.15) is 5.54 Å². The zero-order chi connectivity index (χ0) is 16.2. The molecular formula is C17H26N2O3. The third-order valence-electron chi connectivity index (χ3n) is 4.22. The highest BCUT2D eigenvalue weighted by atomic mass is 16.5. The van der Waals surface area contributed by atoms with Crippen LogP contribution in [0.5, 0.6) is 11.5 Å². The van der Waals surface area contributed by atoms with Crippen molar-refractivity contribution in [1.82, 2.24) is 10.2 Å². The van der Waals surface area contributed by atoms with E-state index in [0.717, 1.165) is 23.6 Å². The van der Waals surface area contributed by atoms with Crippen LogP contribution in [0.4, 0.5) is 0 Å². The molecule has 1 atom stereocenters. The van der Waals surface area contributed by atoms with Gasteiger partial charge in [0.25, 0.3) is 0 Å². The summed E-state index contributed by atoms with van der Waals surface area (Å²) in [5, 5.41) is 2.96. The van der Waals surface area contributed by atoms with Gasteiger partial charge in [-0.1, -0.05) is 6.07 Å². The van der Waals surface area contributed by atoms with E-state index < -0.39 is 5.54 Å². The second-order valence-electron chi connectivity index (χ2n) is 5.78. The molecule has 5 heteroatoms. The summed E-state index contributed by atoms with van der Waals surface area (Å²) in [7, 11) is 2.00. The molecule has 1 heterocycles. The average Bonchev–Trinajstić information content (AvgIpc) is 2.48. The first-order chi connectivity index (χ1) is 10.5. The molecule has 1 aromatic carbocycles. The van der Waals surface area contributed by atoms with Crippen molar-refractivity contribution in [3.8, 4) is 11.5 Å². The Morgan fingerprint density at radius 2 is 1.91 bits per heavy atom. The second kappa shape index (κ2) is 7.01. The summed E-state index contributed by atoms with van der Waals surface area (Å²) >= 11 is 0. The van der Waals surface area contributed by atoms with Crippen molar-refractivity contribution in [1.29, 1.82) is 0 Å². The molecule has 1 aliphatic rings. The molecule has 0 radical (unpaired) electrons. The van der Waals surface area contributed by atoms with Gasteiger partial charge in [-0.2, -0.15) is 0 Å². The Morgan fingerprint density at radius 1 is 1.23 bits per heavy atom. The minimum absolute atomic E-state index is 0.0769. The fraction of sp³-hybridized carbons (Fsp3) is 0.588. The van der Waals surface area contributed by atoms with E-state index in [-0.39, 0.29) is 5.91 Å². The van der Waals surface area contributed by atoms with Crippen molar-refractivity contribution in [3.05, 3.63) is 23.8 Å². The molecule has 5 nitrogen and oxygen atoms in total. The molecule has 0 aromatic heterocycles. The van der Waals surface area contributed by atoms with Crippen LogP contribution in [0.1, 0.15) is 26.3 Å². The minimum Gasteiger partial charge on any atom is -0.490 e. The normalized spacial score (nSPS) is 22.3. The van der Waals surface area contributed by atoms with E-state index in [9.17, 15) is 4.79 Å². The van der Waals surface area contributed by atoms with Gasteiger partial charge in [-0.25, -0.2) is 0 Å². The zero-order valence-electron chi connectivity index (χ0n) is 13.9. The molecule has 2 rings (SSSR count). The number of ether oxygens (including phenoxy) is 2. The molecular weight excluding hydrogens is 280 g/mol. The van der Waals surface area contributed by atoms with Crippen molar-refractivity contribution in [3.63, 3.8) is 0 Å². The molecule has 1 aromatic rings. The van der Waals surface area contributed by atoms with Gasteiger partial charge in [0.05, 0.1) is 13.2 Å². The summed E-state index contributed by atoms with van der Waals surface area (Å²) in [6.07, 6.45) is 0.641. The molecule has 0 bridgehead atoms. The predicted octanol–water partition coefficient (Wildman–Crippen LogP) is 1.85. The number of piperazine rings is 1. The van der Waals surface area contributed by atoms with Crippen LogP contribution in [-0.2, 0) is 11.2 Å². The third kappa shape index (κ3) is 3.35. The molecule has 0 saturated carbocycles. The molecule has 1 fully saturated rings. The molecule has 1 aliphatic heterocycles. The molecule has 1 unspecified atom stereocenters. The van der Waals surface area contributed by atoms with Crippen LogP contribution in [-0.4, -0.2) is 49.7 Å². The van der Waals surface area contributed by atoms with Gasteiger partial charge >= 0.3 is 0 Å². The van der Waals surface area contributed by atoms with E-state index in [0.29, 0.717) is 26.2 Å². The van der Waals surface area contributed by atoms with Crippen molar-refractivity contribution < 1.29 is 14.3 Å². The molecule has 1 saturated heterocycles. The average molecular weight is 306 g/mol. The quantitative estimate of drug-likeness (QED) is 0.871. The monoisotopic (exact) mass is 306 g/mol. The van der Waals surface area contributed by atoms with E-state index >= 15 is 0 Å². The van der Waals surface area contributed by atoms with E-state index in [1.165, 1.54) is 0 Å². The number of rotatable bonds is 6. The van der Waals surface area contributed by atoms with Crippen molar-refractivity contribution >= 4 is 5.91 Å². The van der Waals surface area contributed by atoms with Crippen LogP contribution in [0.25, 0.3) is 0 Å². The van der Waals surface area contributed by atoms with Crippen molar-refractivity contribution in [2.45, 2.75) is 32.7 Å². The highest BCUT2D eigenvalue weighted by molar-refractivity contribution is 5.87. The van der Waals surface area contributed by atoms with Gasteiger partial charge in [-0.05, 0) is 51.9 Å². The van der Waals surface area contributed by atoms with Gasteiger partial charge < -0.3 is 14.8 Å². The zero-order valence-corrected chi connectivity index (χ0v) is 13.9. The van der Waals surface area contributed by atoms with Crippen LogP contribution < -0.4 is 14.8 Å². The first-order valence-electron chi connectivity index (χ1n) is 7.89. The number of benzene rings is 1. The van der Waals surface area contributed by atoms with Gasteiger partial charge in [0, 0.05) is 13.1 Å². The number of nitrogens with one attached hydrogen (secondary N) is 1. The van der Waals surface area contributed by atoms with Gasteiger partial charge in [-0.15, -0.1) is 0 Å². The summed E-state index contributed by atoms with van der Waals surface area (Å²) in [5.74, 6) is 1.57. The molecule has 22 heavy (non-hydrogen) atoms. The van der Waals surface area contributed by atoms with Crippen LogP contribution in [0.15, 0.2) is 18.2 Å². The van der Waals surface area contributed by atoms with Crippen LogP contribution in [0.3, 0.4) is 0 Å². The number of hydrogen-bond acceptors (Lipinski definition) is 4. The van der Waals surface area contributed by atoms with Crippen molar-refractivity contribution in [2.24, 2.45) is 0 Å². The number of carbonyl (C=O) groups is 1. The highest BCUT2D eigenvalue weighted by Crippen LogP contribution is 2.31. The molecule has 1 amide bonds. The van der Waals surface area contributed by atoms with E-state index in [1.807, 2.05) is 46.0 Å². The second-order valence-corrected chi connectivity index (χ2v) is 5.78. The fourth-order valence-corrected chi connectivity index (χ4v) is 2.77. The Hall–Kier alpha value is -1.75. The lowest BCUT2D eigenvalue weighted by atomic mass is 9.88. The highest BCUT2D eigenvalue weighted by Gasteiger charge is 2.40. The Kier molecular flexibility index (Phi) is 5.29. The summed E-state index contributed by atoms with van der Waals surface area (Å²) in [5.41, 5.74) is 0.535. The maximum atomic E-state index is 12.3. The lowest BCUT2D eigenvalue weighted by molar-refractivity contribution is -0.134. The summed E-state index contributed by atoms with van der Waals surface area (Å²) < 4.78 is 11.3. The summed E-state index contributed by atoms with van der Waals surface area (Å²) in [6, 6.07) is 5.91. The lowest BCUT2D eigenvalue weighted by Crippen LogP contribution is -2.62. The molecule has 0 spiro atoms. The SMILES string of the molecule is CCOc1ccc(CC2(C)C(=O)NCCN2C)cc1OCC. The van der Waals surface area contributed by atoms with E-state index in [1.54, 1.807) is 0 Å². The number of hydrogen-bond donors (Lipinski definition) is 1. The first kappa shape index (κ1) is 16.6. The Labute approximate surface area is 132 Å². The first-order valence-corrected chi connectivity index (χ1v) is 7.89. The number of carbonyl (C=O) groups excluding carboxylic acids is 1. The maximum Gasteiger partial charge on any atom is 0.240 e. The van der Waals surface area contributed by atoms with Crippen LogP contribution in [0, 0.1) is 0 Å². The third-order valence-corrected chi connectivity index (χ3v) is 4.22. The summed E-state index contributed by atoms with van der Waals surface area (Å²) in [4.78, 5) is 14.4. The summed E-state index contributed by atoms with van der Waals surface area (Å²) in [6.45, 7) is 8.63. The Morgan fingerprint density at radius 3 is 2.55 bits per heavy atom. The maximum absolute atomic E-state index is 12.3.